The summed E-state index contributed by atoms with van der Waals surface area (Å²) in [6.45, 7) is 2.44. The first-order valence-electron chi connectivity index (χ1n) is 6.76. The fraction of sp³-hybridized carbons (Fsp3) is 0.267. The summed E-state index contributed by atoms with van der Waals surface area (Å²) in [5.74, 6) is 0. The van der Waals surface area contributed by atoms with Gasteiger partial charge in [-0.1, -0.05) is 12.1 Å². The molecule has 0 unspecified atom stereocenters. The molecule has 2 aromatic rings. The molecule has 2 rings (SSSR count). The molecule has 112 valence electrons. The Kier molecular flexibility index (Phi) is 4.93. The summed E-state index contributed by atoms with van der Waals surface area (Å²) in [6, 6.07) is 10.2. The van der Waals surface area contributed by atoms with Crippen LogP contribution in [-0.2, 0) is 16.4 Å². The molecular formula is C15H19N3O2S. The Morgan fingerprint density at radius 2 is 1.90 bits per heavy atom. The highest BCUT2D eigenvalue weighted by molar-refractivity contribution is 7.92. The molecule has 0 aliphatic rings. The molecule has 0 amide bonds. The summed E-state index contributed by atoms with van der Waals surface area (Å²) < 4.78 is 27.1. The first-order chi connectivity index (χ1) is 10.0. The Morgan fingerprint density at radius 3 is 2.52 bits per heavy atom. The Balaban J connectivity index is 2.15. The van der Waals surface area contributed by atoms with Crippen molar-refractivity contribution in [3.63, 3.8) is 0 Å². The largest absolute Gasteiger partial charge is 0.330 e. The number of aromatic nitrogens is 1. The van der Waals surface area contributed by atoms with Crippen LogP contribution in [0.2, 0.25) is 0 Å². The summed E-state index contributed by atoms with van der Waals surface area (Å²) in [5, 5.41) is 0. The first-order valence-corrected chi connectivity index (χ1v) is 8.24. The van der Waals surface area contributed by atoms with Gasteiger partial charge in [0, 0.05) is 11.9 Å². The molecule has 0 bridgehead atoms. The second kappa shape index (κ2) is 6.69. The topological polar surface area (TPSA) is 85.1 Å². The van der Waals surface area contributed by atoms with Crippen molar-refractivity contribution < 1.29 is 8.42 Å². The Hall–Kier alpha value is -1.92. The van der Waals surface area contributed by atoms with E-state index < -0.39 is 10.0 Å². The minimum absolute atomic E-state index is 0.244. The van der Waals surface area contributed by atoms with Crippen LogP contribution in [0, 0.1) is 6.92 Å². The minimum Gasteiger partial charge on any atom is -0.330 e. The summed E-state index contributed by atoms with van der Waals surface area (Å²) in [7, 11) is -3.57. The molecular weight excluding hydrogens is 286 g/mol. The van der Waals surface area contributed by atoms with Crippen molar-refractivity contribution >= 4 is 15.7 Å². The van der Waals surface area contributed by atoms with Crippen molar-refractivity contribution in [2.75, 3.05) is 11.3 Å². The molecule has 0 spiro atoms. The number of rotatable bonds is 6. The van der Waals surface area contributed by atoms with Gasteiger partial charge in [-0.25, -0.2) is 8.42 Å². The third-order valence-corrected chi connectivity index (χ3v) is 4.45. The smallest absolute Gasteiger partial charge is 0.261 e. The van der Waals surface area contributed by atoms with Crippen molar-refractivity contribution in [1.82, 2.24) is 4.98 Å². The van der Waals surface area contributed by atoms with Crippen LogP contribution in [-0.4, -0.2) is 19.9 Å². The number of nitrogens with one attached hydrogen (secondary N) is 1. The lowest BCUT2D eigenvalue weighted by Gasteiger charge is -2.09. The van der Waals surface area contributed by atoms with E-state index in [4.69, 9.17) is 5.73 Å². The quantitative estimate of drug-likeness (QED) is 0.855. The number of pyridine rings is 1. The van der Waals surface area contributed by atoms with Crippen LogP contribution in [0.4, 0.5) is 5.69 Å². The van der Waals surface area contributed by atoms with Gasteiger partial charge in [0.15, 0.2) is 0 Å². The second-order valence-corrected chi connectivity index (χ2v) is 6.51. The number of nitrogens with zero attached hydrogens (tertiary/aromatic N) is 1. The summed E-state index contributed by atoms with van der Waals surface area (Å²) in [6.07, 6.45) is 3.32. The van der Waals surface area contributed by atoms with Gasteiger partial charge in [0.1, 0.15) is 0 Å². The van der Waals surface area contributed by atoms with Gasteiger partial charge in [0.25, 0.3) is 10.0 Å². The number of sulfonamides is 1. The molecule has 1 aromatic heterocycles. The average Bonchev–Trinajstić information content (AvgIpc) is 2.45. The van der Waals surface area contributed by atoms with Crippen LogP contribution in [0.5, 0.6) is 0 Å². The molecule has 1 aromatic carbocycles. The van der Waals surface area contributed by atoms with E-state index in [1.54, 1.807) is 30.5 Å². The van der Waals surface area contributed by atoms with Crippen LogP contribution < -0.4 is 10.5 Å². The van der Waals surface area contributed by atoms with E-state index in [0.29, 0.717) is 12.2 Å². The van der Waals surface area contributed by atoms with Crippen molar-refractivity contribution in [1.29, 1.82) is 0 Å². The van der Waals surface area contributed by atoms with E-state index in [-0.39, 0.29) is 4.90 Å². The number of hydrogen-bond acceptors (Lipinski definition) is 4. The molecule has 0 saturated heterocycles. The molecule has 5 nitrogen and oxygen atoms in total. The molecule has 21 heavy (non-hydrogen) atoms. The summed E-state index contributed by atoms with van der Waals surface area (Å²) in [4.78, 5) is 4.28. The predicted octanol–water partition coefficient (Wildman–Crippen LogP) is 2.08. The molecule has 0 aliphatic heterocycles. The zero-order valence-electron chi connectivity index (χ0n) is 11.9. The maximum absolute atomic E-state index is 12.3. The average molecular weight is 305 g/mol. The lowest BCUT2D eigenvalue weighted by molar-refractivity contribution is 0.601. The van der Waals surface area contributed by atoms with Crippen molar-refractivity contribution in [2.24, 2.45) is 5.73 Å². The van der Waals surface area contributed by atoms with Crippen molar-refractivity contribution in [2.45, 2.75) is 24.7 Å². The van der Waals surface area contributed by atoms with E-state index in [0.717, 1.165) is 24.1 Å². The second-order valence-electron chi connectivity index (χ2n) is 4.83. The van der Waals surface area contributed by atoms with Crippen LogP contribution in [0.3, 0.4) is 0 Å². The molecule has 0 fully saturated rings. The molecule has 1 heterocycles. The number of anilines is 1. The number of hydrogen-bond donors (Lipinski definition) is 2. The highest BCUT2D eigenvalue weighted by Gasteiger charge is 2.14. The number of aryl methyl sites for hydroxylation is 2. The van der Waals surface area contributed by atoms with Gasteiger partial charge >= 0.3 is 0 Å². The highest BCUT2D eigenvalue weighted by atomic mass is 32.2. The van der Waals surface area contributed by atoms with Gasteiger partial charge in [-0.2, -0.15) is 0 Å². The Labute approximate surface area is 125 Å². The van der Waals surface area contributed by atoms with E-state index in [9.17, 15) is 8.42 Å². The Bertz CT molecular complexity index is 697. The van der Waals surface area contributed by atoms with Crippen LogP contribution in [0.15, 0.2) is 47.5 Å². The van der Waals surface area contributed by atoms with Gasteiger partial charge in [-0.15, -0.1) is 0 Å². The fourth-order valence-corrected chi connectivity index (χ4v) is 3.01. The molecule has 0 radical (unpaired) electrons. The third kappa shape index (κ3) is 4.27. The highest BCUT2D eigenvalue weighted by Crippen LogP contribution is 2.17. The number of benzene rings is 1. The van der Waals surface area contributed by atoms with Gasteiger partial charge in [0.05, 0.1) is 10.6 Å². The molecule has 0 saturated carbocycles. The minimum atomic E-state index is -3.57. The van der Waals surface area contributed by atoms with Gasteiger partial charge in [-0.3, -0.25) is 9.71 Å². The summed E-state index contributed by atoms with van der Waals surface area (Å²) >= 11 is 0. The zero-order chi connectivity index (χ0) is 15.3. The predicted molar refractivity (Wildman–Crippen MR) is 83.6 cm³/mol. The normalized spacial score (nSPS) is 11.3. The fourth-order valence-electron chi connectivity index (χ4n) is 1.96. The summed E-state index contributed by atoms with van der Waals surface area (Å²) in [5.41, 5.74) is 7.81. The van der Waals surface area contributed by atoms with Gasteiger partial charge in [-0.05, 0) is 56.1 Å². The van der Waals surface area contributed by atoms with E-state index in [1.165, 1.54) is 0 Å². The van der Waals surface area contributed by atoms with Crippen molar-refractivity contribution in [3.05, 3.63) is 53.9 Å². The van der Waals surface area contributed by atoms with Crippen molar-refractivity contribution in [3.8, 4) is 0 Å². The standard InChI is InChI=1S/C15H19N3O2S/c1-12-11-14(8-10-17-12)18-21(19,20)15-6-4-13(5-7-15)3-2-9-16/h4-8,10-11H,2-3,9,16H2,1H3,(H,17,18). The molecule has 0 aliphatic carbocycles. The van der Waals surface area contributed by atoms with Crippen LogP contribution in [0.25, 0.3) is 0 Å². The number of nitrogens with two attached hydrogens (primary N) is 1. The van der Waals surface area contributed by atoms with E-state index >= 15 is 0 Å². The maximum atomic E-state index is 12.3. The van der Waals surface area contributed by atoms with Crippen LogP contribution in [0.1, 0.15) is 17.7 Å². The molecule has 0 atom stereocenters. The Morgan fingerprint density at radius 1 is 1.19 bits per heavy atom. The SMILES string of the molecule is Cc1cc(NS(=O)(=O)c2ccc(CCCN)cc2)ccn1. The van der Waals surface area contributed by atoms with E-state index in [1.807, 2.05) is 19.1 Å². The molecule has 6 heteroatoms. The monoisotopic (exact) mass is 305 g/mol. The van der Waals surface area contributed by atoms with Gasteiger partial charge < -0.3 is 5.73 Å². The molecule has 3 N–H and O–H groups in total. The zero-order valence-corrected chi connectivity index (χ0v) is 12.7. The van der Waals surface area contributed by atoms with Crippen LogP contribution >= 0.6 is 0 Å². The van der Waals surface area contributed by atoms with E-state index in [2.05, 4.69) is 9.71 Å². The lowest BCUT2D eigenvalue weighted by Crippen LogP contribution is -2.13. The lowest BCUT2D eigenvalue weighted by atomic mass is 10.1. The third-order valence-electron chi connectivity index (χ3n) is 3.05. The first kappa shape index (κ1) is 15.5. The van der Waals surface area contributed by atoms with Gasteiger partial charge in [0.2, 0.25) is 0 Å². The maximum Gasteiger partial charge on any atom is 0.261 e.